The van der Waals surface area contributed by atoms with E-state index in [9.17, 15) is 18.0 Å². The van der Waals surface area contributed by atoms with Crippen LogP contribution < -0.4 is 9.62 Å². The summed E-state index contributed by atoms with van der Waals surface area (Å²) >= 11 is 6.14. The molecular weight excluding hydrogens is 594 g/mol. The summed E-state index contributed by atoms with van der Waals surface area (Å²) in [7, 11) is -4.14. The molecule has 0 aromatic heterocycles. The molecule has 1 N–H and O–H groups in total. The molecule has 44 heavy (non-hydrogen) atoms. The molecule has 0 heterocycles. The number of halogens is 1. The minimum absolute atomic E-state index is 0.0665. The molecule has 0 bridgehead atoms. The molecule has 4 aromatic rings. The summed E-state index contributed by atoms with van der Waals surface area (Å²) in [6, 6.07) is 29.0. The maximum absolute atomic E-state index is 14.5. The monoisotopic (exact) mass is 631 g/mol. The molecule has 0 aliphatic heterocycles. The molecule has 0 unspecified atom stereocenters. The Balaban J connectivity index is 1.80. The molecule has 230 valence electrons. The third-order valence-corrected chi connectivity index (χ3v) is 9.52. The van der Waals surface area contributed by atoms with Gasteiger partial charge in [-0.25, -0.2) is 8.42 Å². The molecule has 0 saturated carbocycles. The van der Waals surface area contributed by atoms with E-state index in [1.807, 2.05) is 57.2 Å². The lowest BCUT2D eigenvalue weighted by Gasteiger charge is -2.34. The number of benzene rings is 4. The van der Waals surface area contributed by atoms with Crippen molar-refractivity contribution in [3.05, 3.63) is 130 Å². The average molecular weight is 632 g/mol. The van der Waals surface area contributed by atoms with Gasteiger partial charge < -0.3 is 10.2 Å². The summed E-state index contributed by atoms with van der Waals surface area (Å²) in [5.74, 6) is -0.813. The van der Waals surface area contributed by atoms with Crippen LogP contribution in [-0.2, 0) is 32.6 Å². The van der Waals surface area contributed by atoms with Gasteiger partial charge in [-0.2, -0.15) is 0 Å². The first-order valence-corrected chi connectivity index (χ1v) is 16.4. The fraction of sp³-hybridized carbons (Fsp3) is 0.257. The van der Waals surface area contributed by atoms with Crippen molar-refractivity contribution in [1.82, 2.24) is 10.2 Å². The van der Waals surface area contributed by atoms with Crippen LogP contribution in [0.15, 0.2) is 108 Å². The van der Waals surface area contributed by atoms with E-state index in [1.54, 1.807) is 54.6 Å². The molecule has 4 rings (SSSR count). The molecule has 4 aromatic carbocycles. The van der Waals surface area contributed by atoms with Crippen LogP contribution in [0.1, 0.15) is 35.6 Å². The van der Waals surface area contributed by atoms with Gasteiger partial charge >= 0.3 is 0 Å². The first-order chi connectivity index (χ1) is 21.1. The molecule has 7 nitrogen and oxygen atoms in total. The zero-order valence-corrected chi connectivity index (χ0v) is 26.8. The third kappa shape index (κ3) is 8.27. The lowest BCUT2D eigenvalue weighted by molar-refractivity contribution is -0.140. The summed E-state index contributed by atoms with van der Waals surface area (Å²) < 4.78 is 29.3. The summed E-state index contributed by atoms with van der Waals surface area (Å²) in [5.41, 5.74) is 3.89. The first-order valence-electron chi connectivity index (χ1n) is 14.6. The Labute approximate surface area is 265 Å². The number of amides is 2. The molecule has 0 saturated heterocycles. The fourth-order valence-corrected chi connectivity index (χ4v) is 6.39. The van der Waals surface area contributed by atoms with E-state index in [0.29, 0.717) is 17.3 Å². The van der Waals surface area contributed by atoms with E-state index in [-0.39, 0.29) is 23.8 Å². The van der Waals surface area contributed by atoms with Crippen molar-refractivity contribution in [2.75, 3.05) is 17.4 Å². The highest BCUT2D eigenvalue weighted by Crippen LogP contribution is 2.27. The summed E-state index contributed by atoms with van der Waals surface area (Å²) in [4.78, 5) is 29.7. The Morgan fingerprint density at radius 1 is 0.818 bits per heavy atom. The molecule has 0 radical (unpaired) electrons. The Morgan fingerprint density at radius 3 is 2.07 bits per heavy atom. The van der Waals surface area contributed by atoms with Gasteiger partial charge in [-0.05, 0) is 78.9 Å². The van der Waals surface area contributed by atoms with Crippen molar-refractivity contribution in [2.45, 2.75) is 51.1 Å². The highest BCUT2D eigenvalue weighted by molar-refractivity contribution is 7.92. The summed E-state index contributed by atoms with van der Waals surface area (Å²) in [5, 5.41) is 3.50. The maximum atomic E-state index is 14.5. The normalized spacial score (nSPS) is 11.9. The van der Waals surface area contributed by atoms with Gasteiger partial charge in [0, 0.05) is 24.5 Å². The van der Waals surface area contributed by atoms with Crippen LogP contribution >= 0.6 is 11.6 Å². The van der Waals surface area contributed by atoms with E-state index >= 15 is 0 Å². The van der Waals surface area contributed by atoms with Crippen molar-refractivity contribution in [1.29, 1.82) is 0 Å². The molecule has 0 spiro atoms. The van der Waals surface area contributed by atoms with Gasteiger partial charge in [-0.1, -0.05) is 85.3 Å². The van der Waals surface area contributed by atoms with Gasteiger partial charge in [0.05, 0.1) is 10.6 Å². The second-order valence-corrected chi connectivity index (χ2v) is 13.0. The Kier molecular flexibility index (Phi) is 11.2. The maximum Gasteiger partial charge on any atom is 0.264 e. The predicted octanol–water partition coefficient (Wildman–Crippen LogP) is 6.32. The van der Waals surface area contributed by atoms with E-state index in [1.165, 1.54) is 17.0 Å². The summed E-state index contributed by atoms with van der Waals surface area (Å²) in [6.07, 6.45) is 0.982. The second kappa shape index (κ2) is 15.0. The second-order valence-electron chi connectivity index (χ2n) is 10.7. The highest BCUT2D eigenvalue weighted by Gasteiger charge is 2.34. The number of nitrogens with zero attached hydrogens (tertiary/aromatic N) is 2. The zero-order valence-electron chi connectivity index (χ0n) is 25.2. The smallest absolute Gasteiger partial charge is 0.264 e. The minimum Gasteiger partial charge on any atom is -0.354 e. The molecule has 0 aliphatic rings. The van der Waals surface area contributed by atoms with Crippen molar-refractivity contribution < 1.29 is 18.0 Å². The minimum atomic E-state index is -4.14. The van der Waals surface area contributed by atoms with Crippen LogP contribution in [0.25, 0.3) is 0 Å². The number of hydrogen-bond donors (Lipinski definition) is 1. The standard InChI is InChI=1S/C35H38ClN3O4S/c1-4-21-37-35(41)33(23-28-11-7-5-8-12-28)38(24-29-16-18-30(36)19-17-29)34(40)25-39(31-20-15-26(2)27(3)22-31)44(42,43)32-13-9-6-10-14-32/h5-20,22,33H,4,21,23-25H2,1-3H3,(H,37,41)/t33-/m0/s1. The quantitative estimate of drug-likeness (QED) is 0.187. The first kappa shape index (κ1) is 32.8. The lowest BCUT2D eigenvalue weighted by atomic mass is 10.0. The largest absolute Gasteiger partial charge is 0.354 e. The van der Waals surface area contributed by atoms with Crippen LogP contribution in [0.5, 0.6) is 0 Å². The van der Waals surface area contributed by atoms with Crippen LogP contribution in [0.4, 0.5) is 5.69 Å². The fourth-order valence-electron chi connectivity index (χ4n) is 4.84. The number of carbonyl (C=O) groups is 2. The van der Waals surface area contributed by atoms with Crippen molar-refractivity contribution in [2.24, 2.45) is 0 Å². The zero-order chi connectivity index (χ0) is 31.7. The van der Waals surface area contributed by atoms with Gasteiger partial charge in [0.15, 0.2) is 0 Å². The van der Waals surface area contributed by atoms with Crippen LogP contribution in [0.2, 0.25) is 5.02 Å². The lowest BCUT2D eigenvalue weighted by Crippen LogP contribution is -2.53. The van der Waals surface area contributed by atoms with E-state index in [0.717, 1.165) is 33.0 Å². The Hall–Kier alpha value is -4.14. The Bertz CT molecular complexity index is 1660. The van der Waals surface area contributed by atoms with Gasteiger partial charge in [0.1, 0.15) is 12.6 Å². The van der Waals surface area contributed by atoms with Gasteiger partial charge in [0.25, 0.3) is 10.0 Å². The van der Waals surface area contributed by atoms with Crippen molar-refractivity contribution in [3.8, 4) is 0 Å². The summed E-state index contributed by atoms with van der Waals surface area (Å²) in [6.45, 7) is 5.83. The van der Waals surface area contributed by atoms with E-state index in [2.05, 4.69) is 5.32 Å². The van der Waals surface area contributed by atoms with E-state index in [4.69, 9.17) is 11.6 Å². The number of nitrogens with one attached hydrogen (secondary N) is 1. The number of aryl methyl sites for hydroxylation is 2. The van der Waals surface area contributed by atoms with Crippen LogP contribution in [-0.4, -0.2) is 44.3 Å². The number of anilines is 1. The SMILES string of the molecule is CCCNC(=O)[C@H](Cc1ccccc1)N(Cc1ccc(Cl)cc1)C(=O)CN(c1ccc(C)c(C)c1)S(=O)(=O)c1ccccc1. The topological polar surface area (TPSA) is 86.8 Å². The third-order valence-electron chi connectivity index (χ3n) is 7.48. The Morgan fingerprint density at radius 2 is 1.45 bits per heavy atom. The number of rotatable bonds is 13. The van der Waals surface area contributed by atoms with E-state index < -0.39 is 28.5 Å². The van der Waals surface area contributed by atoms with Crippen LogP contribution in [0, 0.1) is 13.8 Å². The van der Waals surface area contributed by atoms with Gasteiger partial charge in [0.2, 0.25) is 11.8 Å². The van der Waals surface area contributed by atoms with Gasteiger partial charge in [-0.15, -0.1) is 0 Å². The molecule has 2 amide bonds. The van der Waals surface area contributed by atoms with Crippen LogP contribution in [0.3, 0.4) is 0 Å². The molecular formula is C35H38ClN3O4S. The molecule has 9 heteroatoms. The van der Waals surface area contributed by atoms with Crippen molar-refractivity contribution >= 4 is 39.1 Å². The number of sulfonamides is 1. The average Bonchev–Trinajstić information content (AvgIpc) is 3.03. The predicted molar refractivity (Wildman–Crippen MR) is 176 cm³/mol. The molecule has 0 aliphatic carbocycles. The highest BCUT2D eigenvalue weighted by atomic mass is 35.5. The van der Waals surface area contributed by atoms with Gasteiger partial charge in [-0.3, -0.25) is 13.9 Å². The number of carbonyl (C=O) groups excluding carboxylic acids is 2. The number of hydrogen-bond acceptors (Lipinski definition) is 4. The molecule has 0 fully saturated rings. The van der Waals surface area contributed by atoms with Crippen molar-refractivity contribution in [3.63, 3.8) is 0 Å². The molecule has 1 atom stereocenters.